The van der Waals surface area contributed by atoms with E-state index in [2.05, 4.69) is 10.2 Å². The van der Waals surface area contributed by atoms with E-state index >= 15 is 0 Å². The first-order chi connectivity index (χ1) is 7.50. The summed E-state index contributed by atoms with van der Waals surface area (Å²) in [5.74, 6) is 0. The molecule has 0 radical (unpaired) electrons. The Morgan fingerprint density at radius 2 is 1.94 bits per heavy atom. The number of aromatic amines is 1. The van der Waals surface area contributed by atoms with Crippen molar-refractivity contribution in [3.63, 3.8) is 0 Å². The number of hydrogen-bond acceptors (Lipinski definition) is 3. The van der Waals surface area contributed by atoms with Crippen molar-refractivity contribution in [2.45, 2.75) is 5.03 Å². The number of halogens is 1. The number of nitrogens with zero attached hydrogens (tertiary/aromatic N) is 1. The van der Waals surface area contributed by atoms with Crippen LogP contribution in [0.25, 0.3) is 11.1 Å². The molecule has 0 amide bonds. The predicted octanol–water partition coefficient (Wildman–Crippen LogP) is 2.13. The van der Waals surface area contributed by atoms with Gasteiger partial charge in [-0.1, -0.05) is 29.8 Å². The second-order valence-electron chi connectivity index (χ2n) is 3.36. The van der Waals surface area contributed by atoms with Gasteiger partial charge in [-0.3, -0.25) is 5.10 Å². The minimum Gasteiger partial charge on any atom is -0.267 e. The van der Waals surface area contributed by atoms with Gasteiger partial charge in [-0.25, -0.2) is 8.42 Å². The van der Waals surface area contributed by atoms with E-state index in [-0.39, 0.29) is 5.03 Å². The lowest BCUT2D eigenvalue weighted by Gasteiger charge is -2.03. The van der Waals surface area contributed by atoms with Gasteiger partial charge < -0.3 is 0 Å². The quantitative estimate of drug-likeness (QED) is 0.895. The maximum atomic E-state index is 11.5. The highest BCUT2D eigenvalue weighted by molar-refractivity contribution is 7.90. The molecular weight excluding hydrogens is 248 g/mol. The molecule has 2 aromatic rings. The van der Waals surface area contributed by atoms with Crippen molar-refractivity contribution in [3.8, 4) is 11.1 Å². The SMILES string of the molecule is CS(=O)(=O)c1[nH]ncc1-c1ccccc1Cl. The fraction of sp³-hybridized carbons (Fsp3) is 0.100. The van der Waals surface area contributed by atoms with Gasteiger partial charge in [-0.05, 0) is 6.07 Å². The topological polar surface area (TPSA) is 62.8 Å². The number of rotatable bonds is 2. The molecule has 84 valence electrons. The van der Waals surface area contributed by atoms with Crippen LogP contribution in [-0.4, -0.2) is 24.9 Å². The van der Waals surface area contributed by atoms with E-state index in [0.29, 0.717) is 16.1 Å². The van der Waals surface area contributed by atoms with Gasteiger partial charge in [-0.15, -0.1) is 0 Å². The molecule has 16 heavy (non-hydrogen) atoms. The van der Waals surface area contributed by atoms with E-state index in [1.807, 2.05) is 0 Å². The molecule has 6 heteroatoms. The number of nitrogens with one attached hydrogen (secondary N) is 1. The standard InChI is InChI=1S/C10H9ClN2O2S/c1-16(14,15)10-8(6-12-13-10)7-4-2-3-5-9(7)11/h2-6H,1H3,(H,12,13). The van der Waals surface area contributed by atoms with Crippen molar-refractivity contribution >= 4 is 21.4 Å². The third-order valence-electron chi connectivity index (χ3n) is 2.14. The Morgan fingerprint density at radius 1 is 1.25 bits per heavy atom. The minimum absolute atomic E-state index is 0.0839. The third-order valence-corrected chi connectivity index (χ3v) is 3.52. The average molecular weight is 257 g/mol. The van der Waals surface area contributed by atoms with Crippen LogP contribution in [0.2, 0.25) is 5.02 Å². The lowest BCUT2D eigenvalue weighted by Crippen LogP contribution is -1.99. The van der Waals surface area contributed by atoms with Gasteiger partial charge in [0.15, 0.2) is 14.9 Å². The monoisotopic (exact) mass is 256 g/mol. The molecule has 4 nitrogen and oxygen atoms in total. The molecule has 0 bridgehead atoms. The van der Waals surface area contributed by atoms with Crippen LogP contribution in [0.15, 0.2) is 35.5 Å². The first-order valence-corrected chi connectivity index (χ1v) is 6.75. The van der Waals surface area contributed by atoms with Crippen LogP contribution in [0.1, 0.15) is 0 Å². The molecule has 0 fully saturated rings. The van der Waals surface area contributed by atoms with Crippen molar-refractivity contribution in [1.82, 2.24) is 10.2 Å². The van der Waals surface area contributed by atoms with Crippen LogP contribution >= 0.6 is 11.6 Å². The summed E-state index contributed by atoms with van der Waals surface area (Å²) < 4.78 is 23.0. The van der Waals surface area contributed by atoms with Crippen molar-refractivity contribution in [1.29, 1.82) is 0 Å². The minimum atomic E-state index is -3.33. The zero-order chi connectivity index (χ0) is 11.8. The summed E-state index contributed by atoms with van der Waals surface area (Å²) in [6.07, 6.45) is 2.58. The first kappa shape index (κ1) is 11.2. The van der Waals surface area contributed by atoms with E-state index in [0.717, 1.165) is 6.26 Å². The first-order valence-electron chi connectivity index (χ1n) is 4.48. The second-order valence-corrected chi connectivity index (χ2v) is 5.72. The van der Waals surface area contributed by atoms with Crippen molar-refractivity contribution in [3.05, 3.63) is 35.5 Å². The molecule has 1 heterocycles. The summed E-state index contributed by atoms with van der Waals surface area (Å²) in [7, 11) is -3.33. The van der Waals surface area contributed by atoms with Crippen molar-refractivity contribution in [2.24, 2.45) is 0 Å². The van der Waals surface area contributed by atoms with E-state index in [1.165, 1.54) is 6.20 Å². The van der Waals surface area contributed by atoms with E-state index in [4.69, 9.17) is 11.6 Å². The second kappa shape index (κ2) is 3.92. The lowest BCUT2D eigenvalue weighted by atomic mass is 10.1. The Morgan fingerprint density at radius 3 is 2.56 bits per heavy atom. The normalized spacial score (nSPS) is 11.6. The maximum absolute atomic E-state index is 11.5. The molecule has 1 N–H and O–H groups in total. The summed E-state index contributed by atoms with van der Waals surface area (Å²) in [6, 6.07) is 7.03. The molecule has 0 aliphatic rings. The van der Waals surface area contributed by atoms with Crippen LogP contribution in [-0.2, 0) is 9.84 Å². The molecule has 0 atom stereocenters. The molecule has 0 saturated heterocycles. The van der Waals surface area contributed by atoms with E-state index in [1.54, 1.807) is 24.3 Å². The summed E-state index contributed by atoms with van der Waals surface area (Å²) >= 11 is 6.00. The lowest BCUT2D eigenvalue weighted by molar-refractivity contribution is 0.598. The molecule has 1 aromatic carbocycles. The maximum Gasteiger partial charge on any atom is 0.192 e. The number of H-pyrrole nitrogens is 1. The predicted molar refractivity (Wildman–Crippen MR) is 62.1 cm³/mol. The number of benzene rings is 1. The zero-order valence-corrected chi connectivity index (χ0v) is 10.0. The van der Waals surface area contributed by atoms with Crippen LogP contribution < -0.4 is 0 Å². The fourth-order valence-corrected chi connectivity index (χ4v) is 2.45. The van der Waals surface area contributed by atoms with Crippen molar-refractivity contribution in [2.75, 3.05) is 6.26 Å². The van der Waals surface area contributed by atoms with Crippen molar-refractivity contribution < 1.29 is 8.42 Å². The highest BCUT2D eigenvalue weighted by atomic mass is 35.5. The van der Waals surface area contributed by atoms with Gasteiger partial charge in [0, 0.05) is 22.4 Å². The molecule has 0 saturated carbocycles. The molecular formula is C10H9ClN2O2S. The molecule has 0 unspecified atom stereocenters. The molecule has 1 aromatic heterocycles. The van der Waals surface area contributed by atoms with Gasteiger partial charge in [-0.2, -0.15) is 5.10 Å². The number of aromatic nitrogens is 2. The summed E-state index contributed by atoms with van der Waals surface area (Å²) in [6.45, 7) is 0. The molecule has 0 spiro atoms. The molecule has 0 aliphatic carbocycles. The largest absolute Gasteiger partial charge is 0.267 e. The van der Waals surface area contributed by atoms with Gasteiger partial charge >= 0.3 is 0 Å². The molecule has 0 aliphatic heterocycles. The Hall–Kier alpha value is -1.33. The smallest absolute Gasteiger partial charge is 0.192 e. The Labute approximate surface area is 98.2 Å². The number of sulfone groups is 1. The number of hydrogen-bond donors (Lipinski definition) is 1. The van der Waals surface area contributed by atoms with Gasteiger partial charge in [0.25, 0.3) is 0 Å². The van der Waals surface area contributed by atoms with E-state index < -0.39 is 9.84 Å². The highest BCUT2D eigenvalue weighted by Gasteiger charge is 2.18. The van der Waals surface area contributed by atoms with Crippen LogP contribution in [0, 0.1) is 0 Å². The summed E-state index contributed by atoms with van der Waals surface area (Å²) in [5, 5.41) is 6.80. The Balaban J connectivity index is 2.68. The van der Waals surface area contributed by atoms with Gasteiger partial charge in [0.1, 0.15) is 0 Å². The van der Waals surface area contributed by atoms with E-state index in [9.17, 15) is 8.42 Å². The van der Waals surface area contributed by atoms with Crippen LogP contribution in [0.4, 0.5) is 0 Å². The van der Waals surface area contributed by atoms with Crippen LogP contribution in [0.5, 0.6) is 0 Å². The summed E-state index contributed by atoms with van der Waals surface area (Å²) in [4.78, 5) is 0. The van der Waals surface area contributed by atoms with Crippen LogP contribution in [0.3, 0.4) is 0 Å². The fourth-order valence-electron chi connectivity index (χ4n) is 1.43. The third kappa shape index (κ3) is 1.96. The Bertz CT molecular complexity index is 619. The average Bonchev–Trinajstić information content (AvgIpc) is 2.66. The zero-order valence-electron chi connectivity index (χ0n) is 8.44. The highest BCUT2D eigenvalue weighted by Crippen LogP contribution is 2.30. The Kier molecular flexibility index (Phi) is 2.73. The molecule has 2 rings (SSSR count). The van der Waals surface area contributed by atoms with Gasteiger partial charge in [0.2, 0.25) is 0 Å². The van der Waals surface area contributed by atoms with Gasteiger partial charge in [0.05, 0.1) is 6.20 Å². The summed E-state index contributed by atoms with van der Waals surface area (Å²) in [5.41, 5.74) is 1.14.